The summed E-state index contributed by atoms with van der Waals surface area (Å²) in [6.45, 7) is 3.59. The number of hydrogen-bond acceptors (Lipinski definition) is 6. The molecule has 0 aliphatic rings. The highest BCUT2D eigenvalue weighted by Crippen LogP contribution is 2.27. The maximum Gasteiger partial charge on any atom is 0.338 e. The Morgan fingerprint density at radius 1 is 1.30 bits per heavy atom. The smallest absolute Gasteiger partial charge is 0.338 e. The first-order valence-corrected chi connectivity index (χ1v) is 7.81. The van der Waals surface area contributed by atoms with E-state index in [4.69, 9.17) is 9.15 Å². The maximum absolute atomic E-state index is 11.9. The van der Waals surface area contributed by atoms with Crippen molar-refractivity contribution in [2.45, 2.75) is 20.0 Å². The molecule has 1 amide bonds. The first kappa shape index (κ1) is 15.2. The summed E-state index contributed by atoms with van der Waals surface area (Å²) in [5, 5.41) is 3.11. The maximum atomic E-state index is 11.9. The Labute approximate surface area is 136 Å². The Bertz CT molecular complexity index is 852. The second kappa shape index (κ2) is 6.21. The second-order valence-corrected chi connectivity index (χ2v) is 6.12. The fraction of sp³-hybridized carbons (Fsp3) is 0.188. The van der Waals surface area contributed by atoms with Gasteiger partial charge >= 0.3 is 5.97 Å². The quantitative estimate of drug-likeness (QED) is 0.738. The van der Waals surface area contributed by atoms with Gasteiger partial charge in [0.25, 0.3) is 5.91 Å². The minimum Gasteiger partial charge on any atom is -0.459 e. The number of esters is 1. The summed E-state index contributed by atoms with van der Waals surface area (Å²) >= 11 is 1.28. The lowest BCUT2D eigenvalue weighted by Gasteiger charge is -2.07. The van der Waals surface area contributed by atoms with Crippen LogP contribution in [0.15, 0.2) is 41.0 Å². The number of carbonyl (C=O) groups excluding carboxylic acids is 2. The van der Waals surface area contributed by atoms with Gasteiger partial charge < -0.3 is 9.15 Å². The lowest BCUT2D eigenvalue weighted by Crippen LogP contribution is -2.11. The van der Waals surface area contributed by atoms with Gasteiger partial charge in [0, 0.05) is 0 Å². The van der Waals surface area contributed by atoms with Crippen molar-refractivity contribution in [3.63, 3.8) is 0 Å². The largest absolute Gasteiger partial charge is 0.459 e. The highest BCUT2D eigenvalue weighted by molar-refractivity contribution is 7.22. The van der Waals surface area contributed by atoms with E-state index in [0.29, 0.717) is 16.2 Å². The number of anilines is 1. The molecule has 0 saturated carbocycles. The van der Waals surface area contributed by atoms with Crippen LogP contribution < -0.4 is 5.32 Å². The minimum atomic E-state index is -0.378. The van der Waals surface area contributed by atoms with E-state index in [1.807, 2.05) is 0 Å². The summed E-state index contributed by atoms with van der Waals surface area (Å²) in [5.41, 5.74) is 1.16. The molecule has 1 N–H and O–H groups in total. The van der Waals surface area contributed by atoms with Crippen molar-refractivity contribution in [2.24, 2.45) is 0 Å². The number of benzene rings is 1. The van der Waals surface area contributed by atoms with Crippen molar-refractivity contribution in [2.75, 3.05) is 5.32 Å². The summed E-state index contributed by atoms with van der Waals surface area (Å²) in [6, 6.07) is 8.30. The van der Waals surface area contributed by atoms with E-state index in [2.05, 4.69) is 10.3 Å². The van der Waals surface area contributed by atoms with E-state index >= 15 is 0 Å². The topological polar surface area (TPSA) is 81.4 Å². The number of amides is 1. The van der Waals surface area contributed by atoms with Gasteiger partial charge in [0.15, 0.2) is 10.9 Å². The summed E-state index contributed by atoms with van der Waals surface area (Å²) < 4.78 is 11.0. The van der Waals surface area contributed by atoms with Gasteiger partial charge in [-0.1, -0.05) is 11.3 Å². The zero-order valence-electron chi connectivity index (χ0n) is 12.5. The average molecular weight is 330 g/mol. The molecule has 3 rings (SSSR count). The number of ether oxygens (including phenoxy) is 1. The number of rotatable bonds is 4. The summed E-state index contributed by atoms with van der Waals surface area (Å²) in [5.74, 6) is -0.532. The minimum absolute atomic E-state index is 0.178. The Morgan fingerprint density at radius 2 is 2.13 bits per heavy atom. The molecule has 2 heterocycles. The molecule has 0 saturated heterocycles. The number of carbonyl (C=O) groups is 2. The second-order valence-electron chi connectivity index (χ2n) is 5.09. The first-order chi connectivity index (χ1) is 11.0. The molecule has 23 heavy (non-hydrogen) atoms. The third-order valence-electron chi connectivity index (χ3n) is 2.93. The van der Waals surface area contributed by atoms with Gasteiger partial charge in [-0.15, -0.1) is 0 Å². The molecule has 0 bridgehead atoms. The molecule has 0 aliphatic carbocycles. The summed E-state index contributed by atoms with van der Waals surface area (Å²) in [4.78, 5) is 28.2. The summed E-state index contributed by atoms with van der Waals surface area (Å²) in [7, 11) is 0. The third kappa shape index (κ3) is 3.40. The van der Waals surface area contributed by atoms with Crippen LogP contribution >= 0.6 is 11.3 Å². The molecule has 0 spiro atoms. The van der Waals surface area contributed by atoms with Crippen LogP contribution in [-0.2, 0) is 4.74 Å². The molecule has 6 nitrogen and oxygen atoms in total. The molecule has 0 aliphatic heterocycles. The standard InChI is InChI=1S/C16H14N2O4S/c1-9(2)22-15(20)10-5-6-11-13(8-10)23-16(17-11)18-14(19)12-4-3-7-21-12/h3-9H,1-2H3,(H,17,18,19). The Kier molecular flexibility index (Phi) is 4.12. The molecule has 2 aromatic heterocycles. The van der Waals surface area contributed by atoms with Crippen LogP contribution in [0.4, 0.5) is 5.13 Å². The van der Waals surface area contributed by atoms with E-state index in [-0.39, 0.29) is 23.7 Å². The number of nitrogens with one attached hydrogen (secondary N) is 1. The molecule has 0 atom stereocenters. The molecule has 7 heteroatoms. The predicted octanol–water partition coefficient (Wildman–Crippen LogP) is 3.71. The van der Waals surface area contributed by atoms with Gasteiger partial charge in [0.05, 0.1) is 28.1 Å². The number of thiazole rings is 1. The van der Waals surface area contributed by atoms with Crippen molar-refractivity contribution in [1.82, 2.24) is 4.98 Å². The number of furan rings is 1. The van der Waals surface area contributed by atoms with Crippen LogP contribution in [0.1, 0.15) is 34.8 Å². The van der Waals surface area contributed by atoms with Crippen LogP contribution in [-0.4, -0.2) is 23.0 Å². The Hall–Kier alpha value is -2.67. The highest BCUT2D eigenvalue weighted by Gasteiger charge is 2.14. The zero-order chi connectivity index (χ0) is 16.4. The lowest BCUT2D eigenvalue weighted by atomic mass is 10.2. The molecule has 0 radical (unpaired) electrons. The number of nitrogens with zero attached hydrogens (tertiary/aromatic N) is 1. The van der Waals surface area contributed by atoms with E-state index in [0.717, 1.165) is 4.70 Å². The van der Waals surface area contributed by atoms with Gasteiger partial charge in [0.1, 0.15) is 0 Å². The monoisotopic (exact) mass is 330 g/mol. The van der Waals surface area contributed by atoms with Crippen LogP contribution in [0.25, 0.3) is 10.2 Å². The lowest BCUT2D eigenvalue weighted by molar-refractivity contribution is 0.0378. The zero-order valence-corrected chi connectivity index (χ0v) is 13.3. The van der Waals surface area contributed by atoms with Crippen LogP contribution in [0.3, 0.4) is 0 Å². The van der Waals surface area contributed by atoms with Crippen molar-refractivity contribution < 1.29 is 18.7 Å². The Balaban J connectivity index is 1.82. The van der Waals surface area contributed by atoms with Crippen LogP contribution in [0.2, 0.25) is 0 Å². The number of fused-ring (bicyclic) bond motifs is 1. The molecular formula is C16H14N2O4S. The first-order valence-electron chi connectivity index (χ1n) is 6.99. The average Bonchev–Trinajstić information content (AvgIpc) is 3.14. The molecule has 0 fully saturated rings. The van der Waals surface area contributed by atoms with Gasteiger partial charge in [-0.2, -0.15) is 0 Å². The van der Waals surface area contributed by atoms with Crippen molar-refractivity contribution >= 4 is 38.6 Å². The van der Waals surface area contributed by atoms with Gasteiger partial charge in [-0.3, -0.25) is 10.1 Å². The predicted molar refractivity (Wildman–Crippen MR) is 86.8 cm³/mol. The van der Waals surface area contributed by atoms with Crippen LogP contribution in [0, 0.1) is 0 Å². The molecule has 1 aromatic carbocycles. The number of aromatic nitrogens is 1. The van der Waals surface area contributed by atoms with Crippen LogP contribution in [0.5, 0.6) is 0 Å². The normalized spacial score (nSPS) is 10.9. The fourth-order valence-corrected chi connectivity index (χ4v) is 2.85. The summed E-state index contributed by atoms with van der Waals surface area (Å²) in [6.07, 6.45) is 1.25. The van der Waals surface area contributed by atoms with E-state index in [9.17, 15) is 9.59 Å². The number of hydrogen-bond donors (Lipinski definition) is 1. The van der Waals surface area contributed by atoms with Crippen molar-refractivity contribution in [3.8, 4) is 0 Å². The van der Waals surface area contributed by atoms with Gasteiger partial charge in [-0.05, 0) is 44.2 Å². The molecular weight excluding hydrogens is 316 g/mol. The van der Waals surface area contributed by atoms with E-state index < -0.39 is 0 Å². The Morgan fingerprint density at radius 3 is 2.83 bits per heavy atom. The van der Waals surface area contributed by atoms with Gasteiger partial charge in [-0.25, -0.2) is 9.78 Å². The molecule has 0 unspecified atom stereocenters. The fourth-order valence-electron chi connectivity index (χ4n) is 1.95. The van der Waals surface area contributed by atoms with E-state index in [1.165, 1.54) is 17.6 Å². The highest BCUT2D eigenvalue weighted by atomic mass is 32.1. The SMILES string of the molecule is CC(C)OC(=O)c1ccc2nc(NC(=O)c3ccco3)sc2c1. The third-order valence-corrected chi connectivity index (χ3v) is 3.87. The van der Waals surface area contributed by atoms with Gasteiger partial charge in [0.2, 0.25) is 0 Å². The van der Waals surface area contributed by atoms with Crippen molar-refractivity contribution in [3.05, 3.63) is 47.9 Å². The molecule has 118 valence electrons. The van der Waals surface area contributed by atoms with Crippen molar-refractivity contribution in [1.29, 1.82) is 0 Å². The van der Waals surface area contributed by atoms with E-state index in [1.54, 1.807) is 44.2 Å². The molecule has 3 aromatic rings.